The summed E-state index contributed by atoms with van der Waals surface area (Å²) in [6.45, 7) is 3.71. The normalized spacial score (nSPS) is 19.0. The Morgan fingerprint density at radius 1 is 1.45 bits per heavy atom. The van der Waals surface area contributed by atoms with Crippen molar-refractivity contribution in [2.45, 2.75) is 32.2 Å². The van der Waals surface area contributed by atoms with Crippen LogP contribution in [0.2, 0.25) is 0 Å². The molecule has 0 spiro atoms. The number of rotatable bonds is 3. The number of nitrogens with one attached hydrogen (secondary N) is 1. The van der Waals surface area contributed by atoms with Crippen LogP contribution in [0.25, 0.3) is 10.2 Å². The van der Waals surface area contributed by atoms with Crippen LogP contribution >= 0.6 is 11.3 Å². The van der Waals surface area contributed by atoms with Crippen LogP contribution in [-0.2, 0) is 4.74 Å². The molecule has 1 saturated heterocycles. The predicted octanol–water partition coefficient (Wildman–Crippen LogP) is 3.72. The van der Waals surface area contributed by atoms with Crippen LogP contribution in [-0.4, -0.2) is 41.7 Å². The van der Waals surface area contributed by atoms with Crippen molar-refractivity contribution < 1.29 is 9.53 Å². The lowest BCUT2D eigenvalue weighted by Crippen LogP contribution is -2.39. The van der Waals surface area contributed by atoms with Gasteiger partial charge in [-0.2, -0.15) is 0 Å². The highest BCUT2D eigenvalue weighted by Gasteiger charge is 2.23. The summed E-state index contributed by atoms with van der Waals surface area (Å²) >= 11 is 1.66. The molecule has 0 bridgehead atoms. The average molecular weight is 319 g/mol. The number of carbonyl (C=O) groups excluding carboxylic acids is 1. The van der Waals surface area contributed by atoms with E-state index in [2.05, 4.69) is 16.4 Å². The number of ether oxygens (including phenoxy) is 1. The second kappa shape index (κ2) is 6.96. The van der Waals surface area contributed by atoms with Gasteiger partial charge in [0.05, 0.1) is 16.8 Å². The molecule has 118 valence electrons. The number of hydrogen-bond donors (Lipinski definition) is 1. The Bertz CT molecular complexity index is 610. The Balaban J connectivity index is 1.68. The van der Waals surface area contributed by atoms with Gasteiger partial charge in [0.1, 0.15) is 0 Å². The Labute approximate surface area is 134 Å². The largest absolute Gasteiger partial charge is 0.450 e. The molecule has 1 aromatic carbocycles. The number of likely N-dealkylation sites (tertiary alicyclic amines) is 1. The van der Waals surface area contributed by atoms with Crippen LogP contribution in [0.5, 0.6) is 0 Å². The highest BCUT2D eigenvalue weighted by Crippen LogP contribution is 2.27. The Kier molecular flexibility index (Phi) is 4.77. The van der Waals surface area contributed by atoms with Crippen LogP contribution in [0.15, 0.2) is 24.3 Å². The highest BCUT2D eigenvalue weighted by atomic mass is 32.1. The fourth-order valence-corrected chi connectivity index (χ4v) is 3.69. The van der Waals surface area contributed by atoms with Crippen molar-refractivity contribution >= 4 is 32.8 Å². The van der Waals surface area contributed by atoms with Gasteiger partial charge in [-0.1, -0.05) is 23.5 Å². The zero-order valence-corrected chi connectivity index (χ0v) is 13.6. The Morgan fingerprint density at radius 2 is 2.32 bits per heavy atom. The molecule has 0 radical (unpaired) electrons. The van der Waals surface area contributed by atoms with E-state index in [1.54, 1.807) is 11.3 Å². The topological polar surface area (TPSA) is 54.5 Å². The van der Waals surface area contributed by atoms with Crippen molar-refractivity contribution in [3.8, 4) is 0 Å². The molecule has 1 amide bonds. The number of nitrogens with zero attached hydrogens (tertiary/aromatic N) is 2. The number of amides is 1. The van der Waals surface area contributed by atoms with E-state index in [9.17, 15) is 4.79 Å². The van der Waals surface area contributed by atoms with Crippen molar-refractivity contribution in [2.24, 2.45) is 0 Å². The molecular weight excluding hydrogens is 298 g/mol. The minimum atomic E-state index is -0.208. The van der Waals surface area contributed by atoms with Gasteiger partial charge in [-0.05, 0) is 38.3 Å². The van der Waals surface area contributed by atoms with Gasteiger partial charge in [0.25, 0.3) is 0 Å². The molecule has 1 aliphatic rings. The molecule has 22 heavy (non-hydrogen) atoms. The smallest absolute Gasteiger partial charge is 0.409 e. The first-order valence-corrected chi connectivity index (χ1v) is 8.61. The van der Waals surface area contributed by atoms with E-state index < -0.39 is 0 Å². The van der Waals surface area contributed by atoms with Crippen LogP contribution < -0.4 is 5.32 Å². The summed E-state index contributed by atoms with van der Waals surface area (Å²) in [7, 11) is 0. The van der Waals surface area contributed by atoms with Gasteiger partial charge in [-0.3, -0.25) is 0 Å². The number of hydrogen-bond acceptors (Lipinski definition) is 5. The first-order valence-electron chi connectivity index (χ1n) is 7.80. The molecule has 1 unspecified atom stereocenters. The fraction of sp³-hybridized carbons (Fsp3) is 0.500. The zero-order valence-electron chi connectivity index (χ0n) is 12.7. The van der Waals surface area contributed by atoms with Crippen LogP contribution in [0.4, 0.5) is 9.93 Å². The minimum Gasteiger partial charge on any atom is -0.450 e. The van der Waals surface area contributed by atoms with Gasteiger partial charge in [-0.15, -0.1) is 0 Å². The molecular formula is C16H21N3O2S. The lowest BCUT2D eigenvalue weighted by molar-refractivity contribution is 0.107. The number of para-hydroxylation sites is 1. The maximum Gasteiger partial charge on any atom is 0.409 e. The van der Waals surface area contributed by atoms with Gasteiger partial charge < -0.3 is 15.0 Å². The maximum absolute atomic E-state index is 12.0. The summed E-state index contributed by atoms with van der Waals surface area (Å²) in [5.74, 6) is 0. The third-order valence-electron chi connectivity index (χ3n) is 3.82. The zero-order chi connectivity index (χ0) is 15.4. The van der Waals surface area contributed by atoms with Gasteiger partial charge in [0.15, 0.2) is 5.13 Å². The fourth-order valence-electron chi connectivity index (χ4n) is 2.75. The summed E-state index contributed by atoms with van der Waals surface area (Å²) in [5.41, 5.74) is 1.02. The lowest BCUT2D eigenvalue weighted by atomic mass is 10.1. The van der Waals surface area contributed by atoms with Crippen molar-refractivity contribution in [1.82, 2.24) is 9.88 Å². The van der Waals surface area contributed by atoms with Crippen molar-refractivity contribution in [3.05, 3.63) is 24.3 Å². The van der Waals surface area contributed by atoms with Gasteiger partial charge in [-0.25, -0.2) is 9.78 Å². The van der Waals surface area contributed by atoms with E-state index >= 15 is 0 Å². The average Bonchev–Trinajstić information content (AvgIpc) is 2.77. The minimum absolute atomic E-state index is 0.208. The number of benzene rings is 1. The van der Waals surface area contributed by atoms with Gasteiger partial charge in [0.2, 0.25) is 0 Å². The molecule has 5 nitrogen and oxygen atoms in total. The Morgan fingerprint density at radius 3 is 3.14 bits per heavy atom. The van der Waals surface area contributed by atoms with E-state index in [0.717, 1.165) is 36.5 Å². The van der Waals surface area contributed by atoms with Gasteiger partial charge >= 0.3 is 6.09 Å². The molecule has 1 aromatic heterocycles. The second-order valence-electron chi connectivity index (χ2n) is 5.47. The SMILES string of the molecule is CCOC(=O)N1CCCCC(Nc2nc3ccccc3s2)C1. The molecule has 1 fully saturated rings. The maximum atomic E-state index is 12.0. The van der Waals surface area contributed by atoms with E-state index in [-0.39, 0.29) is 12.1 Å². The van der Waals surface area contributed by atoms with Crippen LogP contribution in [0.3, 0.4) is 0 Å². The number of thiazole rings is 1. The van der Waals surface area contributed by atoms with Crippen LogP contribution in [0, 0.1) is 0 Å². The lowest BCUT2D eigenvalue weighted by Gasteiger charge is -2.24. The molecule has 2 aromatic rings. The quantitative estimate of drug-likeness (QED) is 0.937. The Hall–Kier alpha value is -1.82. The molecule has 1 aliphatic heterocycles. The summed E-state index contributed by atoms with van der Waals surface area (Å²) in [5, 5.41) is 4.42. The van der Waals surface area contributed by atoms with Crippen molar-refractivity contribution in [3.63, 3.8) is 0 Å². The first kappa shape index (κ1) is 15.1. The van der Waals surface area contributed by atoms with Crippen LogP contribution in [0.1, 0.15) is 26.2 Å². The summed E-state index contributed by atoms with van der Waals surface area (Å²) in [6, 6.07) is 8.36. The molecule has 6 heteroatoms. The summed E-state index contributed by atoms with van der Waals surface area (Å²) in [6.07, 6.45) is 2.97. The van der Waals surface area contributed by atoms with Crippen molar-refractivity contribution in [1.29, 1.82) is 0 Å². The summed E-state index contributed by atoms with van der Waals surface area (Å²) in [4.78, 5) is 18.4. The number of aromatic nitrogens is 1. The molecule has 1 N–H and O–H groups in total. The summed E-state index contributed by atoms with van der Waals surface area (Å²) < 4.78 is 6.31. The molecule has 2 heterocycles. The number of anilines is 1. The third-order valence-corrected chi connectivity index (χ3v) is 4.79. The molecule has 3 rings (SSSR count). The monoisotopic (exact) mass is 319 g/mol. The molecule has 0 saturated carbocycles. The standard InChI is InChI=1S/C16H21N3O2S/c1-2-21-16(20)19-10-6-5-7-12(11-19)17-15-18-13-8-3-4-9-14(13)22-15/h3-4,8-9,12H,2,5-7,10-11H2,1H3,(H,17,18). The molecule has 1 atom stereocenters. The van der Waals surface area contributed by atoms with E-state index in [1.807, 2.05) is 30.0 Å². The highest BCUT2D eigenvalue weighted by molar-refractivity contribution is 7.22. The van der Waals surface area contributed by atoms with Crippen molar-refractivity contribution in [2.75, 3.05) is 25.0 Å². The van der Waals surface area contributed by atoms with E-state index in [4.69, 9.17) is 4.74 Å². The third kappa shape index (κ3) is 3.50. The van der Waals surface area contributed by atoms with E-state index in [1.165, 1.54) is 4.70 Å². The molecule has 0 aliphatic carbocycles. The second-order valence-corrected chi connectivity index (χ2v) is 6.50. The van der Waals surface area contributed by atoms with Gasteiger partial charge in [0, 0.05) is 19.1 Å². The number of fused-ring (bicyclic) bond motifs is 1. The van der Waals surface area contributed by atoms with E-state index in [0.29, 0.717) is 13.2 Å². The first-order chi connectivity index (χ1) is 10.8. The number of carbonyl (C=O) groups is 1. The predicted molar refractivity (Wildman–Crippen MR) is 89.5 cm³/mol.